The molecule has 4 heteroatoms. The van der Waals surface area contributed by atoms with Gasteiger partial charge in [0.05, 0.1) is 5.69 Å². The van der Waals surface area contributed by atoms with E-state index in [-0.39, 0.29) is 18.7 Å². The fraction of sp³-hybridized carbons (Fsp3) is 0.538. The molecule has 0 N–H and O–H groups in total. The van der Waals surface area contributed by atoms with E-state index in [0.717, 1.165) is 16.9 Å². The average Bonchev–Trinajstić information content (AvgIpc) is 2.27. The summed E-state index contributed by atoms with van der Waals surface area (Å²) in [5.74, 6) is 0.403. The zero-order valence-electron chi connectivity index (χ0n) is 10.7. The minimum Gasteiger partial charge on any atom is -0.443 e. The normalized spacial score (nSPS) is 15.2. The number of amides is 1. The molecule has 4 nitrogen and oxygen atoms in total. The summed E-state index contributed by atoms with van der Waals surface area (Å²) in [5.41, 5.74) is 2.87. The molecule has 1 aromatic heterocycles. The van der Waals surface area contributed by atoms with Crippen LogP contribution in [0.25, 0.3) is 0 Å². The van der Waals surface area contributed by atoms with Crippen LogP contribution in [0.3, 0.4) is 0 Å². The van der Waals surface area contributed by atoms with Gasteiger partial charge in [0.1, 0.15) is 12.3 Å². The van der Waals surface area contributed by atoms with Gasteiger partial charge in [0.15, 0.2) is 0 Å². The highest BCUT2D eigenvalue weighted by Gasteiger charge is 2.29. The van der Waals surface area contributed by atoms with Crippen molar-refractivity contribution in [1.82, 2.24) is 4.98 Å². The summed E-state index contributed by atoms with van der Waals surface area (Å²) < 4.78 is 5.10. The SMILES string of the molecule is CC(C)c1cnc2c(c1)N(C(C)C)C(=O)OC2. The Balaban J connectivity index is 2.48. The Kier molecular flexibility index (Phi) is 3.05. The highest BCUT2D eigenvalue weighted by atomic mass is 16.6. The first-order chi connectivity index (χ1) is 8.00. The molecule has 0 spiro atoms. The molecule has 1 aliphatic heterocycles. The number of cyclic esters (lactones) is 1. The number of ether oxygens (including phenoxy) is 1. The van der Waals surface area contributed by atoms with Crippen LogP contribution in [0.5, 0.6) is 0 Å². The zero-order chi connectivity index (χ0) is 12.6. The Morgan fingerprint density at radius 3 is 2.65 bits per heavy atom. The Morgan fingerprint density at radius 1 is 1.35 bits per heavy atom. The van der Waals surface area contributed by atoms with Gasteiger partial charge < -0.3 is 4.74 Å². The van der Waals surface area contributed by atoms with E-state index < -0.39 is 0 Å². The van der Waals surface area contributed by atoms with Crippen molar-refractivity contribution >= 4 is 11.8 Å². The van der Waals surface area contributed by atoms with Crippen LogP contribution < -0.4 is 4.90 Å². The van der Waals surface area contributed by atoms with Crippen LogP contribution in [0.1, 0.15) is 44.9 Å². The fourth-order valence-electron chi connectivity index (χ4n) is 1.92. The lowest BCUT2D eigenvalue weighted by atomic mass is 10.0. The van der Waals surface area contributed by atoms with E-state index >= 15 is 0 Å². The smallest absolute Gasteiger partial charge is 0.414 e. The van der Waals surface area contributed by atoms with Crippen molar-refractivity contribution in [3.63, 3.8) is 0 Å². The van der Waals surface area contributed by atoms with Crippen LogP contribution >= 0.6 is 0 Å². The molecular formula is C13H18N2O2. The number of nitrogens with zero attached hydrogens (tertiary/aromatic N) is 2. The molecule has 92 valence electrons. The van der Waals surface area contributed by atoms with Crippen molar-refractivity contribution in [2.24, 2.45) is 0 Å². The molecule has 0 saturated carbocycles. The Labute approximate surface area is 102 Å². The van der Waals surface area contributed by atoms with Gasteiger partial charge in [-0.2, -0.15) is 0 Å². The van der Waals surface area contributed by atoms with Gasteiger partial charge in [-0.25, -0.2) is 4.79 Å². The highest BCUT2D eigenvalue weighted by Crippen LogP contribution is 2.30. The number of carbonyl (C=O) groups is 1. The average molecular weight is 234 g/mol. The zero-order valence-corrected chi connectivity index (χ0v) is 10.7. The van der Waals surface area contributed by atoms with Crippen LogP contribution in [-0.2, 0) is 11.3 Å². The summed E-state index contributed by atoms with van der Waals surface area (Å²) >= 11 is 0. The van der Waals surface area contributed by atoms with Crippen molar-refractivity contribution < 1.29 is 9.53 Å². The number of hydrogen-bond acceptors (Lipinski definition) is 3. The number of hydrogen-bond donors (Lipinski definition) is 0. The van der Waals surface area contributed by atoms with Crippen molar-refractivity contribution in [2.45, 2.75) is 46.3 Å². The molecule has 0 radical (unpaired) electrons. The number of rotatable bonds is 2. The van der Waals surface area contributed by atoms with E-state index in [9.17, 15) is 4.79 Å². The summed E-state index contributed by atoms with van der Waals surface area (Å²) in [6.07, 6.45) is 1.58. The summed E-state index contributed by atoms with van der Waals surface area (Å²) in [7, 11) is 0. The van der Waals surface area contributed by atoms with Gasteiger partial charge in [0, 0.05) is 12.2 Å². The van der Waals surface area contributed by atoms with Gasteiger partial charge in [-0.15, -0.1) is 0 Å². The van der Waals surface area contributed by atoms with Crippen molar-refractivity contribution in [1.29, 1.82) is 0 Å². The monoisotopic (exact) mass is 234 g/mol. The van der Waals surface area contributed by atoms with Crippen LogP contribution in [0.4, 0.5) is 10.5 Å². The molecule has 0 aliphatic carbocycles. The summed E-state index contributed by atoms with van der Waals surface area (Å²) in [6, 6.07) is 2.12. The summed E-state index contributed by atoms with van der Waals surface area (Å²) in [4.78, 5) is 17.8. The number of fused-ring (bicyclic) bond motifs is 1. The molecule has 2 heterocycles. The maximum atomic E-state index is 11.8. The van der Waals surface area contributed by atoms with Gasteiger partial charge in [-0.3, -0.25) is 9.88 Å². The molecule has 1 amide bonds. The van der Waals surface area contributed by atoms with Gasteiger partial charge >= 0.3 is 6.09 Å². The van der Waals surface area contributed by atoms with E-state index in [1.165, 1.54) is 0 Å². The number of carbonyl (C=O) groups excluding carboxylic acids is 1. The Bertz CT molecular complexity index is 441. The van der Waals surface area contributed by atoms with Crippen molar-refractivity contribution in [3.8, 4) is 0 Å². The van der Waals surface area contributed by atoms with E-state index in [4.69, 9.17) is 4.74 Å². The standard InChI is InChI=1S/C13H18N2O2/c1-8(2)10-5-12-11(14-6-10)7-17-13(16)15(12)9(3)4/h5-6,8-9H,7H2,1-4H3. The van der Waals surface area contributed by atoms with Crippen molar-refractivity contribution in [3.05, 3.63) is 23.5 Å². The topological polar surface area (TPSA) is 42.4 Å². The quantitative estimate of drug-likeness (QED) is 0.789. The Morgan fingerprint density at radius 2 is 2.06 bits per heavy atom. The van der Waals surface area contributed by atoms with Crippen LogP contribution in [0, 0.1) is 0 Å². The fourth-order valence-corrected chi connectivity index (χ4v) is 1.92. The first kappa shape index (κ1) is 11.9. The molecule has 2 rings (SSSR count). The van der Waals surface area contributed by atoms with E-state index in [2.05, 4.69) is 18.8 Å². The first-order valence-corrected chi connectivity index (χ1v) is 5.95. The van der Waals surface area contributed by atoms with E-state index in [0.29, 0.717) is 5.92 Å². The highest BCUT2D eigenvalue weighted by molar-refractivity contribution is 5.90. The molecule has 1 aromatic rings. The van der Waals surface area contributed by atoms with E-state index in [1.54, 1.807) is 4.90 Å². The van der Waals surface area contributed by atoms with E-state index in [1.807, 2.05) is 26.1 Å². The van der Waals surface area contributed by atoms with Crippen LogP contribution in [0.2, 0.25) is 0 Å². The van der Waals surface area contributed by atoms with Crippen LogP contribution in [0.15, 0.2) is 12.3 Å². The van der Waals surface area contributed by atoms with Gasteiger partial charge in [-0.1, -0.05) is 13.8 Å². The molecular weight excluding hydrogens is 216 g/mol. The van der Waals surface area contributed by atoms with Crippen LogP contribution in [-0.4, -0.2) is 17.1 Å². The Hall–Kier alpha value is -1.58. The third-order valence-corrected chi connectivity index (χ3v) is 2.94. The number of pyridine rings is 1. The van der Waals surface area contributed by atoms with Crippen molar-refractivity contribution in [2.75, 3.05) is 4.90 Å². The molecule has 0 atom stereocenters. The lowest BCUT2D eigenvalue weighted by Gasteiger charge is -2.31. The van der Waals surface area contributed by atoms with Gasteiger partial charge in [-0.05, 0) is 31.4 Å². The minimum atomic E-state index is -0.282. The maximum Gasteiger partial charge on any atom is 0.414 e. The predicted molar refractivity (Wildman–Crippen MR) is 66.1 cm³/mol. The second-order valence-electron chi connectivity index (χ2n) is 4.91. The summed E-state index contributed by atoms with van der Waals surface area (Å²) in [6.45, 7) is 8.45. The lowest BCUT2D eigenvalue weighted by Crippen LogP contribution is -2.41. The molecule has 0 aromatic carbocycles. The third-order valence-electron chi connectivity index (χ3n) is 2.94. The lowest BCUT2D eigenvalue weighted by molar-refractivity contribution is 0.138. The number of aromatic nitrogens is 1. The molecule has 0 fully saturated rings. The predicted octanol–water partition coefficient (Wildman–Crippen LogP) is 3.07. The third kappa shape index (κ3) is 2.12. The maximum absolute atomic E-state index is 11.8. The molecule has 17 heavy (non-hydrogen) atoms. The van der Waals surface area contributed by atoms with Gasteiger partial charge in [0.2, 0.25) is 0 Å². The second-order valence-corrected chi connectivity index (χ2v) is 4.91. The number of anilines is 1. The minimum absolute atomic E-state index is 0.0748. The molecule has 0 bridgehead atoms. The molecule has 1 aliphatic rings. The molecule has 0 saturated heterocycles. The largest absolute Gasteiger partial charge is 0.443 e. The molecule has 0 unspecified atom stereocenters. The van der Waals surface area contributed by atoms with Gasteiger partial charge in [0.25, 0.3) is 0 Å². The first-order valence-electron chi connectivity index (χ1n) is 5.95. The second kappa shape index (κ2) is 4.35. The summed E-state index contributed by atoms with van der Waals surface area (Å²) in [5, 5.41) is 0.